The summed E-state index contributed by atoms with van der Waals surface area (Å²) in [6.45, 7) is 3.81. The van der Waals surface area contributed by atoms with Crippen molar-refractivity contribution in [1.82, 2.24) is 0 Å². The number of anilines is 1. The fraction of sp³-hybridized carbons (Fsp3) is 0.188. The maximum absolute atomic E-state index is 13.1. The van der Waals surface area contributed by atoms with Crippen LogP contribution in [0.5, 0.6) is 5.75 Å². The van der Waals surface area contributed by atoms with E-state index in [1.54, 1.807) is 6.07 Å². The van der Waals surface area contributed by atoms with Crippen molar-refractivity contribution in [2.24, 2.45) is 0 Å². The minimum atomic E-state index is -0.446. The molecule has 20 heavy (non-hydrogen) atoms. The molecule has 102 valence electrons. The molecular weight excluding hydrogens is 255 g/mol. The Morgan fingerprint density at radius 3 is 2.70 bits per heavy atom. The van der Waals surface area contributed by atoms with Crippen molar-refractivity contribution < 1.29 is 9.50 Å². The lowest BCUT2D eigenvalue weighted by Crippen LogP contribution is -2.08. The van der Waals surface area contributed by atoms with Crippen molar-refractivity contribution in [3.8, 4) is 11.8 Å². The topological polar surface area (TPSA) is 56.0 Å². The number of nitrogens with zero attached hydrogens (tertiary/aromatic N) is 1. The van der Waals surface area contributed by atoms with Crippen LogP contribution in [-0.4, -0.2) is 5.11 Å². The van der Waals surface area contributed by atoms with E-state index in [4.69, 9.17) is 5.26 Å². The number of nitrogens with one attached hydrogen (secondary N) is 1. The van der Waals surface area contributed by atoms with Gasteiger partial charge >= 0.3 is 0 Å². The number of hydrogen-bond donors (Lipinski definition) is 2. The van der Waals surface area contributed by atoms with E-state index in [1.165, 1.54) is 18.2 Å². The predicted molar refractivity (Wildman–Crippen MR) is 76.0 cm³/mol. The average molecular weight is 270 g/mol. The standard InChI is InChI=1S/C16H15FN2O/c1-10-3-6-16(20)14(7-10)11(2)19-15-5-4-13(17)8-12(15)9-18/h3-8,11,19-20H,1-2H3. The highest BCUT2D eigenvalue weighted by Crippen LogP contribution is 2.29. The Morgan fingerprint density at radius 1 is 1.25 bits per heavy atom. The molecule has 0 aromatic heterocycles. The summed E-state index contributed by atoms with van der Waals surface area (Å²) < 4.78 is 13.1. The van der Waals surface area contributed by atoms with Gasteiger partial charge in [-0.05, 0) is 38.1 Å². The van der Waals surface area contributed by atoms with E-state index < -0.39 is 5.82 Å². The van der Waals surface area contributed by atoms with Crippen LogP contribution in [0.2, 0.25) is 0 Å². The molecule has 0 heterocycles. The monoisotopic (exact) mass is 270 g/mol. The lowest BCUT2D eigenvalue weighted by atomic mass is 10.0. The first-order valence-corrected chi connectivity index (χ1v) is 6.27. The van der Waals surface area contributed by atoms with Gasteiger partial charge < -0.3 is 10.4 Å². The number of hydrogen-bond acceptors (Lipinski definition) is 3. The van der Waals surface area contributed by atoms with Gasteiger partial charge in [-0.15, -0.1) is 0 Å². The zero-order chi connectivity index (χ0) is 14.7. The van der Waals surface area contributed by atoms with Crippen LogP contribution in [0.25, 0.3) is 0 Å². The van der Waals surface area contributed by atoms with Crippen molar-refractivity contribution in [1.29, 1.82) is 5.26 Å². The van der Waals surface area contributed by atoms with E-state index in [2.05, 4.69) is 5.32 Å². The lowest BCUT2D eigenvalue weighted by Gasteiger charge is -2.18. The Hall–Kier alpha value is -2.54. The third-order valence-electron chi connectivity index (χ3n) is 3.12. The van der Waals surface area contributed by atoms with E-state index in [1.807, 2.05) is 32.0 Å². The third kappa shape index (κ3) is 2.89. The van der Waals surface area contributed by atoms with Crippen molar-refractivity contribution in [3.63, 3.8) is 0 Å². The van der Waals surface area contributed by atoms with E-state index in [0.29, 0.717) is 5.69 Å². The van der Waals surface area contributed by atoms with Crippen molar-refractivity contribution in [2.45, 2.75) is 19.9 Å². The fourth-order valence-corrected chi connectivity index (χ4v) is 2.07. The molecule has 2 aromatic rings. The first-order chi connectivity index (χ1) is 9.51. The summed E-state index contributed by atoms with van der Waals surface area (Å²) in [4.78, 5) is 0. The van der Waals surface area contributed by atoms with Gasteiger partial charge in [-0.3, -0.25) is 0 Å². The van der Waals surface area contributed by atoms with Gasteiger partial charge in [0, 0.05) is 5.56 Å². The number of phenolic OH excluding ortho intramolecular Hbond substituents is 1. The Morgan fingerprint density at radius 2 is 2.00 bits per heavy atom. The summed E-state index contributed by atoms with van der Waals surface area (Å²) in [7, 11) is 0. The number of aryl methyl sites for hydroxylation is 1. The maximum Gasteiger partial charge on any atom is 0.124 e. The molecule has 0 aliphatic carbocycles. The molecule has 0 saturated carbocycles. The SMILES string of the molecule is Cc1ccc(O)c(C(C)Nc2ccc(F)cc2C#N)c1. The number of phenols is 1. The first kappa shape index (κ1) is 13.9. The summed E-state index contributed by atoms with van der Waals surface area (Å²) in [6.07, 6.45) is 0. The molecule has 0 radical (unpaired) electrons. The molecule has 2 rings (SSSR count). The maximum atomic E-state index is 13.1. The second-order valence-electron chi connectivity index (χ2n) is 4.73. The average Bonchev–Trinajstić information content (AvgIpc) is 2.43. The summed E-state index contributed by atoms with van der Waals surface area (Å²) in [5.74, 6) is -0.255. The summed E-state index contributed by atoms with van der Waals surface area (Å²) in [6, 6.07) is 11.1. The molecule has 0 aliphatic rings. The quantitative estimate of drug-likeness (QED) is 0.889. The van der Waals surface area contributed by atoms with Gasteiger partial charge in [0.25, 0.3) is 0 Å². The van der Waals surface area contributed by atoms with Crippen LogP contribution in [0.1, 0.15) is 29.7 Å². The minimum Gasteiger partial charge on any atom is -0.508 e. The second-order valence-corrected chi connectivity index (χ2v) is 4.73. The molecule has 1 unspecified atom stereocenters. The molecular formula is C16H15FN2O. The Labute approximate surface area is 117 Å². The van der Waals surface area contributed by atoms with Gasteiger partial charge in [-0.2, -0.15) is 5.26 Å². The third-order valence-corrected chi connectivity index (χ3v) is 3.12. The number of benzene rings is 2. The smallest absolute Gasteiger partial charge is 0.124 e. The van der Waals surface area contributed by atoms with E-state index >= 15 is 0 Å². The molecule has 0 amide bonds. The van der Waals surface area contributed by atoms with Gasteiger partial charge in [0.15, 0.2) is 0 Å². The van der Waals surface area contributed by atoms with Crippen LogP contribution in [-0.2, 0) is 0 Å². The largest absolute Gasteiger partial charge is 0.508 e. The second kappa shape index (κ2) is 5.62. The summed E-state index contributed by atoms with van der Waals surface area (Å²) >= 11 is 0. The highest BCUT2D eigenvalue weighted by Gasteiger charge is 2.12. The molecule has 1 atom stereocenters. The first-order valence-electron chi connectivity index (χ1n) is 6.27. The highest BCUT2D eigenvalue weighted by molar-refractivity contribution is 5.59. The zero-order valence-electron chi connectivity index (χ0n) is 11.3. The Balaban J connectivity index is 2.30. The van der Waals surface area contributed by atoms with Crippen LogP contribution in [0.3, 0.4) is 0 Å². The van der Waals surface area contributed by atoms with Gasteiger partial charge in [-0.25, -0.2) is 4.39 Å². The molecule has 2 N–H and O–H groups in total. The van der Waals surface area contributed by atoms with Gasteiger partial charge in [0.2, 0.25) is 0 Å². The molecule has 0 fully saturated rings. The fourth-order valence-electron chi connectivity index (χ4n) is 2.07. The number of nitriles is 1. The molecule has 3 nitrogen and oxygen atoms in total. The van der Waals surface area contributed by atoms with E-state index in [9.17, 15) is 9.50 Å². The Bertz CT molecular complexity index is 677. The van der Waals surface area contributed by atoms with Crippen molar-refractivity contribution >= 4 is 5.69 Å². The summed E-state index contributed by atoms with van der Waals surface area (Å²) in [5, 5.41) is 22.0. The number of aromatic hydroxyl groups is 1. The molecule has 4 heteroatoms. The van der Waals surface area contributed by atoms with Crippen LogP contribution in [0.4, 0.5) is 10.1 Å². The predicted octanol–water partition coefficient (Wildman–Crippen LogP) is 3.88. The van der Waals surface area contributed by atoms with Crippen LogP contribution in [0, 0.1) is 24.1 Å². The van der Waals surface area contributed by atoms with Crippen LogP contribution >= 0.6 is 0 Å². The molecule has 2 aromatic carbocycles. The highest BCUT2D eigenvalue weighted by atomic mass is 19.1. The van der Waals surface area contributed by atoms with Crippen molar-refractivity contribution in [2.75, 3.05) is 5.32 Å². The van der Waals surface area contributed by atoms with Crippen LogP contribution in [0.15, 0.2) is 36.4 Å². The summed E-state index contributed by atoms with van der Waals surface area (Å²) in [5.41, 5.74) is 2.55. The van der Waals surface area contributed by atoms with E-state index in [0.717, 1.165) is 11.1 Å². The molecule has 0 aliphatic heterocycles. The normalized spacial score (nSPS) is 11.7. The van der Waals surface area contributed by atoms with E-state index in [-0.39, 0.29) is 17.4 Å². The van der Waals surface area contributed by atoms with Crippen molar-refractivity contribution in [3.05, 3.63) is 58.9 Å². The number of rotatable bonds is 3. The Kier molecular flexibility index (Phi) is 3.90. The molecule has 0 spiro atoms. The molecule has 0 saturated heterocycles. The van der Waals surface area contributed by atoms with Gasteiger partial charge in [0.05, 0.1) is 17.3 Å². The minimum absolute atomic E-state index is 0.191. The number of halogens is 1. The van der Waals surface area contributed by atoms with Crippen LogP contribution < -0.4 is 5.32 Å². The van der Waals surface area contributed by atoms with Gasteiger partial charge in [0.1, 0.15) is 17.6 Å². The van der Waals surface area contributed by atoms with Gasteiger partial charge in [-0.1, -0.05) is 17.7 Å². The molecule has 0 bridgehead atoms. The zero-order valence-corrected chi connectivity index (χ0v) is 11.3. The lowest BCUT2D eigenvalue weighted by molar-refractivity contribution is 0.465.